The number of benzene rings is 1. The van der Waals surface area contributed by atoms with Crippen LogP contribution >= 0.6 is 0 Å². The predicted molar refractivity (Wildman–Crippen MR) is 72.4 cm³/mol. The lowest BCUT2D eigenvalue weighted by Gasteiger charge is -2.41. The molecule has 0 aliphatic carbocycles. The van der Waals surface area contributed by atoms with Crippen LogP contribution in [-0.2, 0) is 27.8 Å². The van der Waals surface area contributed by atoms with Gasteiger partial charge in [0, 0.05) is 19.5 Å². The monoisotopic (exact) mass is 258 g/mol. The van der Waals surface area contributed by atoms with Gasteiger partial charge in [-0.3, -0.25) is 4.79 Å². The summed E-state index contributed by atoms with van der Waals surface area (Å²) >= 11 is 0. The molecule has 1 saturated heterocycles. The molecule has 3 heterocycles. The summed E-state index contributed by atoms with van der Waals surface area (Å²) in [6, 6.07) is 4.52. The highest BCUT2D eigenvalue weighted by Crippen LogP contribution is 2.41. The Labute approximate surface area is 112 Å². The zero-order chi connectivity index (χ0) is 13.0. The van der Waals surface area contributed by atoms with Gasteiger partial charge in [0.2, 0.25) is 5.91 Å². The molecule has 1 aromatic carbocycles. The molecule has 0 bridgehead atoms. The number of hydrogen-bond acceptors (Lipinski definition) is 3. The normalized spacial score (nSPS) is 23.2. The van der Waals surface area contributed by atoms with Crippen LogP contribution in [0.3, 0.4) is 0 Å². The van der Waals surface area contributed by atoms with Crippen molar-refractivity contribution in [1.29, 1.82) is 0 Å². The van der Waals surface area contributed by atoms with E-state index in [2.05, 4.69) is 12.1 Å². The first-order valence-electron chi connectivity index (χ1n) is 6.98. The zero-order valence-electron chi connectivity index (χ0n) is 10.9. The van der Waals surface area contributed by atoms with Crippen molar-refractivity contribution in [3.8, 4) is 0 Å². The van der Waals surface area contributed by atoms with E-state index < -0.39 is 0 Å². The van der Waals surface area contributed by atoms with Gasteiger partial charge < -0.3 is 15.4 Å². The molecule has 2 N–H and O–H groups in total. The lowest BCUT2D eigenvalue weighted by molar-refractivity contribution is -0.118. The molecule has 3 aliphatic rings. The molecule has 1 amide bonds. The molecule has 4 nitrogen and oxygen atoms in total. The Balaban J connectivity index is 1.84. The van der Waals surface area contributed by atoms with Gasteiger partial charge in [-0.25, -0.2) is 0 Å². The third-order valence-electron chi connectivity index (χ3n) is 4.81. The minimum absolute atomic E-state index is 0.0143. The van der Waals surface area contributed by atoms with Crippen molar-refractivity contribution in [2.45, 2.75) is 24.7 Å². The number of nitrogens with zero attached hydrogens (tertiary/aromatic N) is 1. The number of amides is 1. The van der Waals surface area contributed by atoms with Crippen LogP contribution in [-0.4, -0.2) is 32.2 Å². The van der Waals surface area contributed by atoms with Crippen LogP contribution in [0.1, 0.15) is 23.1 Å². The summed E-state index contributed by atoms with van der Waals surface area (Å²) < 4.78 is 5.38. The SMILES string of the molecule is NCC1(c2cc3c4c(c2)CCN4C(=O)CC3)COC1. The van der Waals surface area contributed by atoms with Crippen molar-refractivity contribution in [3.05, 3.63) is 28.8 Å². The Morgan fingerprint density at radius 2 is 1.95 bits per heavy atom. The topological polar surface area (TPSA) is 55.6 Å². The maximum Gasteiger partial charge on any atom is 0.227 e. The lowest BCUT2D eigenvalue weighted by atomic mass is 9.77. The molecule has 100 valence electrons. The summed E-state index contributed by atoms with van der Waals surface area (Å²) in [5.41, 5.74) is 11.1. The average molecular weight is 258 g/mol. The molecule has 0 unspecified atom stereocenters. The molecular formula is C15H18N2O2. The highest BCUT2D eigenvalue weighted by atomic mass is 16.5. The summed E-state index contributed by atoms with van der Waals surface area (Å²) in [4.78, 5) is 13.9. The summed E-state index contributed by atoms with van der Waals surface area (Å²) in [6.07, 6.45) is 2.48. The van der Waals surface area contributed by atoms with E-state index in [0.29, 0.717) is 13.0 Å². The number of ether oxygens (including phenoxy) is 1. The van der Waals surface area contributed by atoms with E-state index in [9.17, 15) is 4.79 Å². The van der Waals surface area contributed by atoms with Crippen LogP contribution in [0.5, 0.6) is 0 Å². The van der Waals surface area contributed by atoms with E-state index in [1.165, 1.54) is 22.4 Å². The molecule has 0 atom stereocenters. The summed E-state index contributed by atoms with van der Waals surface area (Å²) in [5.74, 6) is 0.277. The van der Waals surface area contributed by atoms with E-state index >= 15 is 0 Å². The van der Waals surface area contributed by atoms with Gasteiger partial charge >= 0.3 is 0 Å². The van der Waals surface area contributed by atoms with Crippen molar-refractivity contribution in [2.24, 2.45) is 5.73 Å². The smallest absolute Gasteiger partial charge is 0.227 e. The molecule has 3 aliphatic heterocycles. The minimum Gasteiger partial charge on any atom is -0.379 e. The van der Waals surface area contributed by atoms with Crippen LogP contribution in [0.25, 0.3) is 0 Å². The second-order valence-electron chi connectivity index (χ2n) is 5.92. The molecule has 1 fully saturated rings. The van der Waals surface area contributed by atoms with Gasteiger partial charge in [-0.1, -0.05) is 12.1 Å². The first kappa shape index (κ1) is 11.4. The third-order valence-corrected chi connectivity index (χ3v) is 4.81. The zero-order valence-corrected chi connectivity index (χ0v) is 10.9. The van der Waals surface area contributed by atoms with Crippen molar-refractivity contribution in [2.75, 3.05) is 31.2 Å². The number of carbonyl (C=O) groups excluding carboxylic acids is 1. The first-order valence-corrected chi connectivity index (χ1v) is 6.98. The quantitative estimate of drug-likeness (QED) is 0.851. The van der Waals surface area contributed by atoms with Crippen molar-refractivity contribution < 1.29 is 9.53 Å². The molecule has 19 heavy (non-hydrogen) atoms. The van der Waals surface area contributed by atoms with Crippen LogP contribution in [0.15, 0.2) is 12.1 Å². The Morgan fingerprint density at radius 1 is 1.21 bits per heavy atom. The van der Waals surface area contributed by atoms with E-state index in [1.807, 2.05) is 4.90 Å². The Morgan fingerprint density at radius 3 is 2.58 bits per heavy atom. The van der Waals surface area contributed by atoms with Crippen molar-refractivity contribution >= 4 is 11.6 Å². The second-order valence-corrected chi connectivity index (χ2v) is 5.92. The second kappa shape index (κ2) is 3.81. The number of carbonyl (C=O) groups is 1. The van der Waals surface area contributed by atoms with E-state index in [1.54, 1.807) is 0 Å². The lowest BCUT2D eigenvalue weighted by Crippen LogP contribution is -2.52. The Bertz CT molecular complexity index is 558. The van der Waals surface area contributed by atoms with Gasteiger partial charge in [0.1, 0.15) is 0 Å². The molecule has 1 aromatic rings. The van der Waals surface area contributed by atoms with Crippen LogP contribution in [0.4, 0.5) is 5.69 Å². The number of hydrogen-bond donors (Lipinski definition) is 1. The Kier molecular flexibility index (Phi) is 2.29. The summed E-state index contributed by atoms with van der Waals surface area (Å²) in [6.45, 7) is 2.93. The van der Waals surface area contributed by atoms with Gasteiger partial charge in [0.05, 0.1) is 24.3 Å². The number of aryl methyl sites for hydroxylation is 1. The molecule has 4 rings (SSSR count). The van der Waals surface area contributed by atoms with Gasteiger partial charge in [-0.15, -0.1) is 0 Å². The minimum atomic E-state index is 0.0143. The maximum atomic E-state index is 11.9. The van der Waals surface area contributed by atoms with Gasteiger partial charge in [0.25, 0.3) is 0 Å². The molecule has 0 saturated carbocycles. The highest BCUT2D eigenvalue weighted by Gasteiger charge is 2.41. The third kappa shape index (κ3) is 1.44. The molecule has 0 aromatic heterocycles. The summed E-state index contributed by atoms with van der Waals surface area (Å²) in [7, 11) is 0. The average Bonchev–Trinajstić information content (AvgIpc) is 2.79. The predicted octanol–water partition coefficient (Wildman–Crippen LogP) is 0.749. The molecular weight excluding hydrogens is 240 g/mol. The van der Waals surface area contributed by atoms with Gasteiger partial charge in [0.15, 0.2) is 0 Å². The van der Waals surface area contributed by atoms with Crippen LogP contribution in [0.2, 0.25) is 0 Å². The standard InChI is InChI=1S/C15H18N2O2/c16-7-15(8-19-9-15)12-5-10-1-2-13(18)17-4-3-11(6-12)14(10)17/h5-6H,1-4,7-9,16H2. The number of nitrogens with two attached hydrogens (primary N) is 1. The molecule has 0 radical (unpaired) electrons. The fraction of sp³-hybridized carbons (Fsp3) is 0.533. The van der Waals surface area contributed by atoms with E-state index in [0.717, 1.165) is 32.6 Å². The molecule has 4 heteroatoms. The molecule has 0 spiro atoms. The maximum absolute atomic E-state index is 11.9. The van der Waals surface area contributed by atoms with E-state index in [-0.39, 0.29) is 11.3 Å². The number of anilines is 1. The summed E-state index contributed by atoms with van der Waals surface area (Å²) in [5, 5.41) is 0. The van der Waals surface area contributed by atoms with Crippen molar-refractivity contribution in [3.63, 3.8) is 0 Å². The van der Waals surface area contributed by atoms with Gasteiger partial charge in [-0.05, 0) is 29.5 Å². The van der Waals surface area contributed by atoms with Crippen LogP contribution < -0.4 is 10.6 Å². The van der Waals surface area contributed by atoms with E-state index in [4.69, 9.17) is 10.5 Å². The largest absolute Gasteiger partial charge is 0.379 e. The number of rotatable bonds is 2. The Hall–Kier alpha value is -1.39. The van der Waals surface area contributed by atoms with Gasteiger partial charge in [-0.2, -0.15) is 0 Å². The fourth-order valence-corrected chi connectivity index (χ4v) is 3.51. The van der Waals surface area contributed by atoms with Crippen LogP contribution in [0, 0.1) is 0 Å². The van der Waals surface area contributed by atoms with Crippen molar-refractivity contribution in [1.82, 2.24) is 0 Å². The first-order chi connectivity index (χ1) is 9.23. The highest BCUT2D eigenvalue weighted by molar-refractivity contribution is 5.98. The fourth-order valence-electron chi connectivity index (χ4n) is 3.51.